The molecule has 0 fully saturated rings. The van der Waals surface area contributed by atoms with Crippen molar-refractivity contribution in [1.29, 1.82) is 0 Å². The topological polar surface area (TPSA) is 43.1 Å². The van der Waals surface area contributed by atoms with Gasteiger partial charge < -0.3 is 5.73 Å². The highest BCUT2D eigenvalue weighted by molar-refractivity contribution is 5.81. The Morgan fingerprint density at radius 2 is 2.00 bits per heavy atom. The summed E-state index contributed by atoms with van der Waals surface area (Å²) in [6, 6.07) is 0. The molecule has 3 atom stereocenters. The third-order valence-electron chi connectivity index (χ3n) is 4.11. The number of amides is 1. The van der Waals surface area contributed by atoms with E-state index in [0.717, 1.165) is 6.42 Å². The predicted molar refractivity (Wildman–Crippen MR) is 58.6 cm³/mol. The first kappa shape index (κ1) is 11.3. The molecule has 0 unspecified atom stereocenters. The number of primary amides is 1. The van der Waals surface area contributed by atoms with Crippen LogP contribution >= 0.6 is 0 Å². The van der Waals surface area contributed by atoms with E-state index in [2.05, 4.69) is 32.9 Å². The van der Waals surface area contributed by atoms with Gasteiger partial charge in [0.05, 0.1) is 5.41 Å². The molecular weight excluding hydrogens is 174 g/mol. The lowest BCUT2D eigenvalue weighted by Crippen LogP contribution is -2.46. The summed E-state index contributed by atoms with van der Waals surface area (Å²) in [5.74, 6) is 1.00. The highest BCUT2D eigenvalue weighted by Crippen LogP contribution is 2.43. The maximum absolute atomic E-state index is 11.5. The Kier molecular flexibility index (Phi) is 3.03. The number of rotatable bonds is 4. The number of nitrogens with two attached hydrogens (primary N) is 1. The molecule has 80 valence electrons. The Balaban J connectivity index is 2.86. The van der Waals surface area contributed by atoms with Crippen LogP contribution in [-0.4, -0.2) is 5.91 Å². The zero-order valence-corrected chi connectivity index (χ0v) is 9.58. The number of carbonyl (C=O) groups excluding carboxylic acids is 1. The van der Waals surface area contributed by atoms with Gasteiger partial charge in [-0.05, 0) is 24.2 Å². The Morgan fingerprint density at radius 3 is 2.21 bits per heavy atom. The average Bonchev–Trinajstić information content (AvgIpc) is 1.98. The summed E-state index contributed by atoms with van der Waals surface area (Å²) < 4.78 is 0. The predicted octanol–water partition coefficient (Wildman–Crippen LogP) is 2.35. The van der Waals surface area contributed by atoms with Crippen LogP contribution in [0.3, 0.4) is 0 Å². The molecule has 14 heavy (non-hydrogen) atoms. The van der Waals surface area contributed by atoms with Crippen molar-refractivity contribution < 1.29 is 4.79 Å². The van der Waals surface area contributed by atoms with E-state index in [1.807, 2.05) is 6.92 Å². The van der Waals surface area contributed by atoms with Gasteiger partial charge in [0.1, 0.15) is 0 Å². The fraction of sp³-hybridized carbons (Fsp3) is 0.750. The smallest absolute Gasteiger partial charge is 0.223 e. The van der Waals surface area contributed by atoms with Gasteiger partial charge >= 0.3 is 0 Å². The fourth-order valence-electron chi connectivity index (χ4n) is 2.14. The molecule has 0 heterocycles. The molecule has 0 aliphatic heterocycles. The Morgan fingerprint density at radius 1 is 1.50 bits per heavy atom. The van der Waals surface area contributed by atoms with Crippen LogP contribution in [0, 0.1) is 23.2 Å². The molecule has 0 aromatic rings. The molecule has 0 saturated heterocycles. The summed E-state index contributed by atoms with van der Waals surface area (Å²) in [6.07, 6.45) is 5.44. The molecule has 1 aliphatic rings. The molecule has 0 saturated carbocycles. The maximum Gasteiger partial charge on any atom is 0.223 e. The van der Waals surface area contributed by atoms with Crippen LogP contribution in [0.4, 0.5) is 0 Å². The van der Waals surface area contributed by atoms with Crippen LogP contribution in [0.5, 0.6) is 0 Å². The maximum atomic E-state index is 11.5. The van der Waals surface area contributed by atoms with E-state index in [-0.39, 0.29) is 11.3 Å². The highest BCUT2D eigenvalue weighted by atomic mass is 16.1. The third-order valence-corrected chi connectivity index (χ3v) is 4.11. The van der Waals surface area contributed by atoms with Crippen molar-refractivity contribution in [2.24, 2.45) is 28.9 Å². The monoisotopic (exact) mass is 195 g/mol. The van der Waals surface area contributed by atoms with Crippen molar-refractivity contribution >= 4 is 5.91 Å². The molecule has 1 amide bonds. The molecule has 0 aromatic heterocycles. The van der Waals surface area contributed by atoms with Crippen molar-refractivity contribution in [2.75, 3.05) is 0 Å². The Bertz CT molecular complexity index is 257. The second-order valence-electron chi connectivity index (χ2n) is 4.92. The number of carbonyl (C=O) groups is 1. The zero-order valence-electron chi connectivity index (χ0n) is 9.58. The molecular formula is C12H21NO. The van der Waals surface area contributed by atoms with Gasteiger partial charge in [0.2, 0.25) is 5.91 Å². The molecule has 0 aromatic carbocycles. The Labute approximate surface area is 86.6 Å². The number of allylic oxidation sites excluding steroid dienone is 2. The summed E-state index contributed by atoms with van der Waals surface area (Å²) >= 11 is 0. The van der Waals surface area contributed by atoms with E-state index in [4.69, 9.17) is 5.73 Å². The van der Waals surface area contributed by atoms with E-state index in [1.165, 1.54) is 0 Å². The molecule has 0 bridgehead atoms. The van der Waals surface area contributed by atoms with E-state index in [0.29, 0.717) is 17.8 Å². The van der Waals surface area contributed by atoms with Crippen molar-refractivity contribution in [1.82, 2.24) is 0 Å². The first-order valence-corrected chi connectivity index (χ1v) is 5.37. The van der Waals surface area contributed by atoms with Crippen molar-refractivity contribution in [2.45, 2.75) is 34.1 Å². The lowest BCUT2D eigenvalue weighted by atomic mass is 9.62. The van der Waals surface area contributed by atoms with Gasteiger partial charge in [0.25, 0.3) is 0 Å². The summed E-state index contributed by atoms with van der Waals surface area (Å²) in [4.78, 5) is 11.5. The van der Waals surface area contributed by atoms with E-state index in [9.17, 15) is 4.79 Å². The van der Waals surface area contributed by atoms with Crippen molar-refractivity contribution in [3.8, 4) is 0 Å². The zero-order chi connectivity index (χ0) is 10.9. The minimum atomic E-state index is -0.380. The standard InChI is InChI=1S/C12H21NO/c1-8(2)12(4,11(13)14)9(3)10-6-5-7-10/h5-6,8-10H,7H2,1-4H3,(H2,13,14)/t9-,10+,12+/m0/s1. The normalized spacial score (nSPS) is 26.8. The first-order chi connectivity index (χ1) is 6.40. The second-order valence-corrected chi connectivity index (χ2v) is 4.92. The summed E-state index contributed by atoms with van der Waals surface area (Å²) in [5.41, 5.74) is 5.15. The summed E-state index contributed by atoms with van der Waals surface area (Å²) in [7, 11) is 0. The van der Waals surface area contributed by atoms with Gasteiger partial charge in [-0.3, -0.25) is 4.79 Å². The first-order valence-electron chi connectivity index (χ1n) is 5.37. The SMILES string of the molecule is CC(C)[C@@](C)(C(N)=O)[C@@H](C)[C@@H]1C=CC1. The van der Waals surface area contributed by atoms with Crippen LogP contribution in [0.2, 0.25) is 0 Å². The van der Waals surface area contributed by atoms with Gasteiger partial charge in [-0.1, -0.05) is 39.8 Å². The van der Waals surface area contributed by atoms with Gasteiger partial charge in [-0.15, -0.1) is 0 Å². The summed E-state index contributed by atoms with van der Waals surface area (Å²) in [6.45, 7) is 8.28. The average molecular weight is 195 g/mol. The largest absolute Gasteiger partial charge is 0.369 e. The quantitative estimate of drug-likeness (QED) is 0.687. The van der Waals surface area contributed by atoms with Crippen LogP contribution in [0.1, 0.15) is 34.1 Å². The molecule has 1 rings (SSSR count). The lowest BCUT2D eigenvalue weighted by Gasteiger charge is -2.41. The second kappa shape index (κ2) is 3.76. The van der Waals surface area contributed by atoms with E-state index < -0.39 is 0 Å². The molecule has 1 aliphatic carbocycles. The van der Waals surface area contributed by atoms with Gasteiger partial charge in [-0.25, -0.2) is 0 Å². The van der Waals surface area contributed by atoms with Gasteiger partial charge in [0, 0.05) is 0 Å². The molecule has 2 nitrogen and oxygen atoms in total. The lowest BCUT2D eigenvalue weighted by molar-refractivity contribution is -0.133. The van der Waals surface area contributed by atoms with E-state index >= 15 is 0 Å². The molecule has 2 N–H and O–H groups in total. The molecule has 2 heteroatoms. The van der Waals surface area contributed by atoms with Crippen molar-refractivity contribution in [3.05, 3.63) is 12.2 Å². The number of hydrogen-bond acceptors (Lipinski definition) is 1. The highest BCUT2D eigenvalue weighted by Gasteiger charge is 2.43. The van der Waals surface area contributed by atoms with E-state index in [1.54, 1.807) is 0 Å². The van der Waals surface area contributed by atoms with Gasteiger partial charge in [-0.2, -0.15) is 0 Å². The van der Waals surface area contributed by atoms with Crippen LogP contribution < -0.4 is 5.73 Å². The van der Waals surface area contributed by atoms with Gasteiger partial charge in [0.15, 0.2) is 0 Å². The number of hydrogen-bond donors (Lipinski definition) is 1. The Hall–Kier alpha value is -0.790. The van der Waals surface area contributed by atoms with Crippen LogP contribution in [0.25, 0.3) is 0 Å². The minimum Gasteiger partial charge on any atom is -0.369 e. The summed E-state index contributed by atoms with van der Waals surface area (Å²) in [5, 5.41) is 0. The van der Waals surface area contributed by atoms with Crippen LogP contribution in [-0.2, 0) is 4.79 Å². The van der Waals surface area contributed by atoms with Crippen molar-refractivity contribution in [3.63, 3.8) is 0 Å². The fourth-order valence-corrected chi connectivity index (χ4v) is 2.14. The minimum absolute atomic E-state index is 0.166. The van der Waals surface area contributed by atoms with Crippen LogP contribution in [0.15, 0.2) is 12.2 Å². The molecule has 0 radical (unpaired) electrons. The molecule has 0 spiro atoms. The third kappa shape index (κ3) is 1.58.